The number of benzene rings is 2. The Labute approximate surface area is 174 Å². The molecule has 1 N–H and O–H groups in total. The second-order valence-corrected chi connectivity index (χ2v) is 9.26. The lowest BCUT2D eigenvalue weighted by Crippen LogP contribution is -2.25. The summed E-state index contributed by atoms with van der Waals surface area (Å²) in [5.74, 6) is 0.309. The zero-order valence-corrected chi connectivity index (χ0v) is 17.5. The fourth-order valence-electron chi connectivity index (χ4n) is 2.92. The van der Waals surface area contributed by atoms with Crippen molar-refractivity contribution in [2.24, 2.45) is 4.99 Å². The maximum Gasteiger partial charge on any atom is 0.259 e. The predicted molar refractivity (Wildman–Crippen MR) is 114 cm³/mol. The van der Waals surface area contributed by atoms with Gasteiger partial charge in [-0.2, -0.15) is 0 Å². The van der Waals surface area contributed by atoms with E-state index in [-0.39, 0.29) is 5.03 Å². The zero-order valence-electron chi connectivity index (χ0n) is 15.9. The Hall–Kier alpha value is -2.55. The summed E-state index contributed by atoms with van der Waals surface area (Å²) in [6.07, 6.45) is 2.96. The molecular weight excluding hydrogens is 404 g/mol. The van der Waals surface area contributed by atoms with E-state index in [0.717, 1.165) is 34.6 Å². The molecule has 4 rings (SSSR count). The first kappa shape index (κ1) is 19.8. The van der Waals surface area contributed by atoms with Gasteiger partial charge in [-0.15, -0.1) is 0 Å². The molecule has 1 aromatic heterocycles. The molecule has 148 valence electrons. The lowest BCUT2D eigenvalue weighted by atomic mass is 10.0. The molecule has 0 atom stereocenters. The first-order valence-corrected chi connectivity index (χ1v) is 11.7. The number of nitrogens with one attached hydrogen (secondary N) is 1. The van der Waals surface area contributed by atoms with Crippen LogP contribution in [-0.2, 0) is 10.0 Å². The molecule has 0 fully saturated rings. The molecule has 29 heavy (non-hydrogen) atoms. The summed E-state index contributed by atoms with van der Waals surface area (Å²) in [6, 6.07) is 17.7. The standard InChI is InChI=1S/C21H20N4O2S2/c1-2-3-13-23-29(26,27)18-14-22-21-20(24-18)25-19(15-9-5-4-6-10-15)16-11-7-8-12-17(16)28-21/h4-12,14,23H,2-3,13H2,1H3. The van der Waals surface area contributed by atoms with E-state index in [9.17, 15) is 8.42 Å². The summed E-state index contributed by atoms with van der Waals surface area (Å²) in [5, 5.41) is 0.464. The van der Waals surface area contributed by atoms with Gasteiger partial charge in [-0.25, -0.2) is 28.1 Å². The highest BCUT2D eigenvalue weighted by atomic mass is 32.2. The molecule has 3 aromatic rings. The molecule has 0 spiro atoms. The van der Waals surface area contributed by atoms with Crippen LogP contribution in [0.15, 0.2) is 80.7 Å². The quantitative estimate of drug-likeness (QED) is 0.469. The summed E-state index contributed by atoms with van der Waals surface area (Å²) in [7, 11) is -3.73. The molecule has 0 bridgehead atoms. The number of hydrogen-bond donors (Lipinski definition) is 1. The van der Waals surface area contributed by atoms with Crippen LogP contribution in [0.3, 0.4) is 0 Å². The SMILES string of the molecule is CCCCNS(=O)(=O)c1cnc2c(n1)N=C(c1ccccc1)c1ccccc1S2. The average molecular weight is 425 g/mol. The molecule has 8 heteroatoms. The Balaban J connectivity index is 1.82. The number of aromatic nitrogens is 2. The van der Waals surface area contributed by atoms with Crippen molar-refractivity contribution in [3.8, 4) is 0 Å². The molecule has 6 nitrogen and oxygen atoms in total. The summed E-state index contributed by atoms with van der Waals surface area (Å²) in [4.78, 5) is 14.5. The fourth-order valence-corrected chi connectivity index (χ4v) is 4.80. The number of fused-ring (bicyclic) bond motifs is 2. The number of sulfonamides is 1. The van der Waals surface area contributed by atoms with E-state index in [0.29, 0.717) is 17.4 Å². The Morgan fingerprint density at radius 3 is 2.59 bits per heavy atom. The van der Waals surface area contributed by atoms with Crippen molar-refractivity contribution in [1.82, 2.24) is 14.7 Å². The molecule has 0 unspecified atom stereocenters. The first-order chi connectivity index (χ1) is 14.1. The summed E-state index contributed by atoms with van der Waals surface area (Å²) in [5.41, 5.74) is 2.65. The van der Waals surface area contributed by atoms with Gasteiger partial charge in [-0.3, -0.25) is 0 Å². The van der Waals surface area contributed by atoms with Crippen LogP contribution < -0.4 is 4.72 Å². The van der Waals surface area contributed by atoms with Crippen LogP contribution in [0.25, 0.3) is 0 Å². The van der Waals surface area contributed by atoms with Gasteiger partial charge in [0, 0.05) is 22.6 Å². The smallest absolute Gasteiger partial charge is 0.242 e. The van der Waals surface area contributed by atoms with Crippen LogP contribution in [0.2, 0.25) is 0 Å². The Kier molecular flexibility index (Phi) is 5.75. The lowest BCUT2D eigenvalue weighted by Gasteiger charge is -2.08. The van der Waals surface area contributed by atoms with Crippen LogP contribution in [0.5, 0.6) is 0 Å². The second-order valence-electron chi connectivity index (χ2n) is 6.51. The maximum atomic E-state index is 12.6. The highest BCUT2D eigenvalue weighted by Gasteiger charge is 2.23. The van der Waals surface area contributed by atoms with Crippen molar-refractivity contribution in [3.63, 3.8) is 0 Å². The molecule has 1 aliphatic heterocycles. The number of nitrogens with zero attached hydrogens (tertiary/aromatic N) is 3. The Morgan fingerprint density at radius 1 is 1.03 bits per heavy atom. The van der Waals surface area contributed by atoms with E-state index in [2.05, 4.69) is 14.7 Å². The minimum atomic E-state index is -3.73. The maximum absolute atomic E-state index is 12.6. The van der Waals surface area contributed by atoms with Crippen molar-refractivity contribution < 1.29 is 8.42 Å². The van der Waals surface area contributed by atoms with Crippen molar-refractivity contribution >= 4 is 33.3 Å². The van der Waals surface area contributed by atoms with E-state index >= 15 is 0 Å². The molecule has 2 aromatic carbocycles. The zero-order chi connectivity index (χ0) is 20.3. The first-order valence-electron chi connectivity index (χ1n) is 9.36. The van der Waals surface area contributed by atoms with Crippen molar-refractivity contribution in [2.75, 3.05) is 6.54 Å². The minimum absolute atomic E-state index is 0.116. The van der Waals surface area contributed by atoms with Gasteiger partial charge in [0.1, 0.15) is 5.03 Å². The van der Waals surface area contributed by atoms with Gasteiger partial charge in [0.15, 0.2) is 10.8 Å². The predicted octanol–water partition coefficient (Wildman–Crippen LogP) is 4.19. The van der Waals surface area contributed by atoms with Crippen LogP contribution >= 0.6 is 11.8 Å². The van der Waals surface area contributed by atoms with Crippen molar-refractivity contribution in [1.29, 1.82) is 0 Å². The Bertz CT molecular complexity index is 1160. The van der Waals surface area contributed by atoms with E-state index in [4.69, 9.17) is 4.99 Å². The van der Waals surface area contributed by atoms with Gasteiger partial charge >= 0.3 is 0 Å². The highest BCUT2D eigenvalue weighted by Crippen LogP contribution is 2.39. The van der Waals surface area contributed by atoms with E-state index in [1.54, 1.807) is 0 Å². The topological polar surface area (TPSA) is 84.3 Å². The van der Waals surface area contributed by atoms with Gasteiger partial charge in [-0.1, -0.05) is 73.6 Å². The normalized spacial score (nSPS) is 13.2. The summed E-state index contributed by atoms with van der Waals surface area (Å²) < 4.78 is 27.7. The molecule has 1 aliphatic rings. The third kappa shape index (κ3) is 4.24. The number of hydrogen-bond acceptors (Lipinski definition) is 6. The van der Waals surface area contributed by atoms with Gasteiger partial charge in [-0.05, 0) is 12.5 Å². The van der Waals surface area contributed by atoms with Gasteiger partial charge in [0.2, 0.25) is 0 Å². The molecule has 0 amide bonds. The summed E-state index contributed by atoms with van der Waals surface area (Å²) >= 11 is 1.44. The third-order valence-corrected chi connectivity index (χ3v) is 6.80. The second kappa shape index (κ2) is 8.44. The van der Waals surface area contributed by atoms with E-state index < -0.39 is 10.0 Å². The fraction of sp³-hybridized carbons (Fsp3) is 0.190. The Morgan fingerprint density at radius 2 is 1.79 bits per heavy atom. The number of aliphatic imine (C=N–C) groups is 1. The largest absolute Gasteiger partial charge is 0.259 e. The lowest BCUT2D eigenvalue weighted by molar-refractivity contribution is 0.573. The molecule has 0 saturated heterocycles. The molecular formula is C21H20N4O2S2. The summed E-state index contributed by atoms with van der Waals surface area (Å²) in [6.45, 7) is 2.38. The molecule has 0 radical (unpaired) electrons. The van der Waals surface area contributed by atoms with Gasteiger partial charge in [0.25, 0.3) is 10.0 Å². The van der Waals surface area contributed by atoms with Crippen molar-refractivity contribution in [3.05, 3.63) is 71.9 Å². The van der Waals surface area contributed by atoms with Gasteiger partial charge in [0.05, 0.1) is 11.9 Å². The minimum Gasteiger partial charge on any atom is -0.242 e. The molecule has 2 heterocycles. The van der Waals surface area contributed by atoms with E-state index in [1.807, 2.05) is 61.5 Å². The van der Waals surface area contributed by atoms with Gasteiger partial charge < -0.3 is 0 Å². The van der Waals surface area contributed by atoms with Crippen LogP contribution in [-0.4, -0.2) is 30.6 Å². The molecule has 0 aliphatic carbocycles. The third-order valence-electron chi connectivity index (χ3n) is 4.41. The van der Waals surface area contributed by atoms with Crippen LogP contribution in [0, 0.1) is 0 Å². The number of unbranched alkanes of at least 4 members (excludes halogenated alkanes) is 1. The monoisotopic (exact) mass is 424 g/mol. The highest BCUT2D eigenvalue weighted by molar-refractivity contribution is 7.99. The van der Waals surface area contributed by atoms with E-state index in [1.165, 1.54) is 18.0 Å². The van der Waals surface area contributed by atoms with Crippen molar-refractivity contribution in [2.45, 2.75) is 34.7 Å². The van der Waals surface area contributed by atoms with Crippen LogP contribution in [0.1, 0.15) is 30.9 Å². The van der Waals surface area contributed by atoms with Crippen LogP contribution in [0.4, 0.5) is 5.82 Å². The average Bonchev–Trinajstić information content (AvgIpc) is 2.90. The molecule has 0 saturated carbocycles. The number of rotatable bonds is 6.